The first kappa shape index (κ1) is 66.4. The molecule has 4 aliphatic heterocycles. The molecule has 8 heterocycles. The second-order valence-corrected chi connectivity index (χ2v) is 30.2. The minimum Gasteiger partial charge on any atom is -0.457 e. The average Bonchev–Trinajstić information content (AvgIpc) is 1.10. The summed E-state index contributed by atoms with van der Waals surface area (Å²) in [6.45, 7) is 0. The molecule has 20 aromatic rings. The zero-order valence-electron chi connectivity index (χ0n) is 62.9. The van der Waals surface area contributed by atoms with E-state index in [0.717, 1.165) is 174 Å². The molecule has 0 amide bonds. The van der Waals surface area contributed by atoms with Crippen LogP contribution in [0.1, 0.15) is 44.5 Å². The molecular formula is C108H70N6O2. The zero-order valence-corrected chi connectivity index (χ0v) is 62.9. The lowest BCUT2D eigenvalue weighted by Gasteiger charge is -2.48. The van der Waals surface area contributed by atoms with Crippen molar-refractivity contribution < 1.29 is 9.47 Å². The number of ether oxygens (including phenoxy) is 2. The number of rotatable bonds is 8. The third kappa shape index (κ3) is 10.1. The van der Waals surface area contributed by atoms with Gasteiger partial charge >= 0.3 is 0 Å². The Morgan fingerprint density at radius 2 is 0.543 bits per heavy atom. The summed E-state index contributed by atoms with van der Waals surface area (Å²) in [6, 6.07) is 152. The van der Waals surface area contributed by atoms with Gasteiger partial charge in [0.25, 0.3) is 0 Å². The van der Waals surface area contributed by atoms with Gasteiger partial charge in [0.1, 0.15) is 17.2 Å². The number of hydrogen-bond acceptors (Lipinski definition) is 6. The van der Waals surface area contributed by atoms with Crippen LogP contribution in [0.2, 0.25) is 0 Å². The first-order chi connectivity index (χ1) is 57.6. The molecule has 0 saturated carbocycles. The van der Waals surface area contributed by atoms with Crippen molar-refractivity contribution in [2.24, 2.45) is 0 Å². The fourth-order valence-electron chi connectivity index (χ4n) is 19.3. The maximum atomic E-state index is 7.33. The van der Waals surface area contributed by atoms with E-state index in [4.69, 9.17) is 19.4 Å². The Morgan fingerprint density at radius 1 is 0.207 bits per heavy atom. The smallest absolute Gasteiger partial charge is 0.156 e. The molecule has 544 valence electrons. The van der Waals surface area contributed by atoms with Crippen molar-refractivity contribution in [2.45, 2.75) is 10.8 Å². The highest BCUT2D eigenvalue weighted by molar-refractivity contribution is 6.14. The first-order valence-corrected chi connectivity index (χ1v) is 39.6. The van der Waals surface area contributed by atoms with Crippen LogP contribution in [0.5, 0.6) is 23.0 Å². The van der Waals surface area contributed by atoms with Gasteiger partial charge in [-0.3, -0.25) is 0 Å². The molecule has 0 atom stereocenters. The van der Waals surface area contributed by atoms with Gasteiger partial charge in [-0.05, 0) is 125 Å². The van der Waals surface area contributed by atoms with Gasteiger partial charge in [-0.25, -0.2) is 9.97 Å². The summed E-state index contributed by atoms with van der Waals surface area (Å²) >= 11 is 0. The fourth-order valence-corrected chi connectivity index (χ4v) is 19.3. The lowest BCUT2D eigenvalue weighted by Crippen LogP contribution is -2.39. The van der Waals surface area contributed by atoms with Crippen LogP contribution in [0.3, 0.4) is 0 Å². The molecule has 8 heteroatoms. The number of para-hydroxylation sites is 10. The highest BCUT2D eigenvalue weighted by Gasteiger charge is 2.54. The molecule has 16 aromatic carbocycles. The maximum absolute atomic E-state index is 7.33. The van der Waals surface area contributed by atoms with Crippen molar-refractivity contribution in [3.8, 4) is 79.4 Å². The molecule has 2 spiro atoms. The molecule has 24 rings (SSSR count). The van der Waals surface area contributed by atoms with Gasteiger partial charge in [-0.2, -0.15) is 0 Å². The van der Waals surface area contributed by atoms with Gasteiger partial charge in [-0.1, -0.05) is 315 Å². The Kier molecular flexibility index (Phi) is 15.3. The Morgan fingerprint density at radius 3 is 0.983 bits per heavy atom. The van der Waals surface area contributed by atoms with Crippen LogP contribution in [0.25, 0.3) is 100 Å². The van der Waals surface area contributed by atoms with Gasteiger partial charge in [0.2, 0.25) is 0 Å². The van der Waals surface area contributed by atoms with E-state index in [0.29, 0.717) is 0 Å². The Bertz CT molecular complexity index is 7080. The van der Waals surface area contributed by atoms with Crippen LogP contribution in [0, 0.1) is 0 Å². The van der Waals surface area contributed by atoms with Crippen molar-refractivity contribution >= 4 is 77.7 Å². The third-order valence-corrected chi connectivity index (χ3v) is 24.0. The molecule has 0 fully saturated rings. The number of fused-ring (bicyclic) bond motifs is 23. The summed E-state index contributed by atoms with van der Waals surface area (Å²) in [5, 5.41) is 4.63. The highest BCUT2D eigenvalue weighted by atomic mass is 16.5. The number of hydrogen-bond donors (Lipinski definition) is 0. The highest BCUT2D eigenvalue weighted by Crippen LogP contribution is 2.66. The van der Waals surface area contributed by atoms with Crippen molar-refractivity contribution in [3.05, 3.63) is 469 Å². The first-order valence-electron chi connectivity index (χ1n) is 39.6. The molecule has 8 nitrogen and oxygen atoms in total. The summed E-state index contributed by atoms with van der Waals surface area (Å²) < 4.78 is 19.2. The molecular weight excluding hydrogens is 1410 g/mol. The van der Waals surface area contributed by atoms with Crippen molar-refractivity contribution in [1.29, 1.82) is 0 Å². The van der Waals surface area contributed by atoms with Crippen LogP contribution < -0.4 is 19.3 Å². The Hall–Kier alpha value is -15.4. The maximum Gasteiger partial charge on any atom is 0.156 e. The number of pyridine rings is 2. The van der Waals surface area contributed by atoms with E-state index in [9.17, 15) is 0 Å². The van der Waals surface area contributed by atoms with Gasteiger partial charge in [-0.15, -0.1) is 0 Å². The molecule has 0 unspecified atom stereocenters. The van der Waals surface area contributed by atoms with Crippen molar-refractivity contribution in [2.75, 3.05) is 9.80 Å². The second-order valence-electron chi connectivity index (χ2n) is 30.2. The molecule has 4 aliphatic rings. The van der Waals surface area contributed by atoms with E-state index in [1.807, 2.05) is 0 Å². The second kappa shape index (κ2) is 26.7. The van der Waals surface area contributed by atoms with Crippen LogP contribution in [0.15, 0.2) is 425 Å². The topological polar surface area (TPSA) is 60.6 Å². The van der Waals surface area contributed by atoms with E-state index in [-0.39, 0.29) is 0 Å². The summed E-state index contributed by atoms with van der Waals surface area (Å²) in [5.41, 5.74) is 29.1. The van der Waals surface area contributed by atoms with Crippen LogP contribution >= 0.6 is 0 Å². The molecule has 0 radical (unpaired) electrons. The van der Waals surface area contributed by atoms with Crippen LogP contribution in [-0.4, -0.2) is 19.1 Å². The largest absolute Gasteiger partial charge is 0.457 e. The zero-order chi connectivity index (χ0) is 76.4. The van der Waals surface area contributed by atoms with Gasteiger partial charge in [0.05, 0.1) is 89.8 Å². The van der Waals surface area contributed by atoms with E-state index >= 15 is 0 Å². The van der Waals surface area contributed by atoms with E-state index in [1.165, 1.54) is 27.6 Å². The lowest BCUT2D eigenvalue weighted by molar-refractivity contribution is 0.435. The number of anilines is 6. The number of benzene rings is 16. The predicted octanol–water partition coefficient (Wildman–Crippen LogP) is 27.6. The van der Waals surface area contributed by atoms with Crippen molar-refractivity contribution in [1.82, 2.24) is 19.1 Å². The fraction of sp³-hybridized carbons (Fsp3) is 0.0185. The van der Waals surface area contributed by atoms with Gasteiger partial charge in [0.15, 0.2) is 5.75 Å². The molecule has 0 bridgehead atoms. The minimum absolute atomic E-state index is 0.669. The quantitative estimate of drug-likeness (QED) is 0.151. The molecule has 116 heavy (non-hydrogen) atoms. The SMILES string of the molecule is c1ccc(-c2cc(-n3c4ccccc4c4cc5c(cc43)Oc3ccccc3C53c4ccccc4N(c4ccccc4)c4ccccc43)cc(-c3ccccc3)n2)cc1.c1ccc(-c2cc(-n3c4ccccc4c4ccc5c(c43)Oc3ccccc3C53c4ccccc4N(c4ccccc4)c4ccccc43)cc(-c3ccccc3)n2)cc1. The molecule has 0 aliphatic carbocycles. The van der Waals surface area contributed by atoms with Crippen LogP contribution in [0.4, 0.5) is 34.1 Å². The Balaban J connectivity index is 0.000000137. The monoisotopic (exact) mass is 1480 g/mol. The average molecular weight is 1480 g/mol. The van der Waals surface area contributed by atoms with Crippen LogP contribution in [-0.2, 0) is 10.8 Å². The van der Waals surface area contributed by atoms with E-state index in [1.54, 1.807) is 0 Å². The molecule has 4 aromatic heterocycles. The normalized spacial score (nSPS) is 13.4. The van der Waals surface area contributed by atoms with Gasteiger partial charge < -0.3 is 28.4 Å². The van der Waals surface area contributed by atoms with E-state index in [2.05, 4.69) is 444 Å². The lowest BCUT2D eigenvalue weighted by atomic mass is 9.61. The summed E-state index contributed by atoms with van der Waals surface area (Å²) in [7, 11) is 0. The summed E-state index contributed by atoms with van der Waals surface area (Å²) in [5.74, 6) is 3.40. The van der Waals surface area contributed by atoms with Gasteiger partial charge in [0, 0.05) is 83.5 Å². The Labute approximate surface area is 671 Å². The van der Waals surface area contributed by atoms with Crippen molar-refractivity contribution in [3.63, 3.8) is 0 Å². The standard InChI is InChI=1S/2C54H35N3O/c1-4-18-36(19-5-1)46-32-39(33-47(55-46)37-20-6-2-7-21-37)57-48-28-14-10-24-40(48)41-34-45-53(35-51(41)57)58-52-31-17-13-27-44(52)54(45)42-25-11-15-29-49(42)56(38-22-8-3-9-23-38)50-30-16-12-26-43(50)54;1-4-18-36(19-5-1)46-34-39(35-47(55-46)37-20-6-2-7-21-37)57-48-28-14-10-24-40(48)41-32-33-45-53(52(41)57)58-51-31-17-13-27-44(51)54(45)42-25-11-15-29-49(42)56(38-22-8-3-9-23-38)50-30-16-12-26-43(50)54/h2*1-35H. The number of nitrogens with zero attached hydrogens (tertiary/aromatic N) is 6. The minimum atomic E-state index is -0.694. The third-order valence-electron chi connectivity index (χ3n) is 24.0. The van der Waals surface area contributed by atoms with E-state index < -0.39 is 10.8 Å². The molecule has 0 saturated heterocycles. The summed E-state index contributed by atoms with van der Waals surface area (Å²) in [6.07, 6.45) is 0. The number of aromatic nitrogens is 4. The molecule has 0 N–H and O–H groups in total. The summed E-state index contributed by atoms with van der Waals surface area (Å²) in [4.78, 5) is 15.3. The predicted molar refractivity (Wildman–Crippen MR) is 472 cm³/mol.